The molecule has 2 aromatic heterocycles. The Hall–Kier alpha value is -2.50. The predicted molar refractivity (Wildman–Crippen MR) is 68.5 cm³/mol. The minimum absolute atomic E-state index is 0.246. The van der Waals surface area contributed by atoms with Crippen LogP contribution >= 0.6 is 0 Å². The van der Waals surface area contributed by atoms with E-state index in [-0.39, 0.29) is 11.6 Å². The van der Waals surface area contributed by atoms with E-state index in [2.05, 4.69) is 20.5 Å². The van der Waals surface area contributed by atoms with Gasteiger partial charge in [-0.3, -0.25) is 9.69 Å². The zero-order chi connectivity index (χ0) is 13.0. The molecule has 0 radical (unpaired) electrons. The molecular weight excluding hydrogens is 230 g/mol. The van der Waals surface area contributed by atoms with Crippen LogP contribution < -0.4 is 10.2 Å². The summed E-state index contributed by atoms with van der Waals surface area (Å²) in [6.07, 6.45) is 1.63. The number of aromatic nitrogens is 3. The first-order chi connectivity index (χ1) is 8.72. The lowest BCUT2D eigenvalue weighted by Gasteiger charge is -2.14. The summed E-state index contributed by atoms with van der Waals surface area (Å²) in [4.78, 5) is 17.6. The van der Waals surface area contributed by atoms with E-state index in [9.17, 15) is 4.79 Å². The Kier molecular flexibility index (Phi) is 3.47. The Morgan fingerprint density at radius 1 is 1.22 bits per heavy atom. The van der Waals surface area contributed by atoms with Crippen LogP contribution in [0.5, 0.6) is 0 Å². The second-order valence-electron chi connectivity index (χ2n) is 3.61. The minimum Gasteiger partial charge on any atom is -0.372 e. The van der Waals surface area contributed by atoms with E-state index in [1.807, 2.05) is 6.07 Å². The third-order valence-corrected chi connectivity index (χ3v) is 2.44. The maximum absolute atomic E-state index is 12.1. The Labute approximate surface area is 105 Å². The highest BCUT2D eigenvalue weighted by atomic mass is 16.2. The van der Waals surface area contributed by atoms with Crippen LogP contribution in [-0.2, 0) is 0 Å². The van der Waals surface area contributed by atoms with Gasteiger partial charge in [-0.25, -0.2) is 4.98 Å². The molecule has 0 unspecified atom stereocenters. The lowest BCUT2D eigenvalue weighted by molar-refractivity contribution is 0.0986. The Bertz CT molecular complexity index is 526. The fraction of sp³-hybridized carbons (Fsp3) is 0.167. The van der Waals surface area contributed by atoms with Crippen molar-refractivity contribution in [2.75, 3.05) is 24.3 Å². The zero-order valence-electron chi connectivity index (χ0n) is 10.2. The SMILES string of the molecule is CNc1ccc(C(=O)N(C)c2ccccn2)nn1. The molecule has 92 valence electrons. The smallest absolute Gasteiger partial charge is 0.279 e. The first-order valence-corrected chi connectivity index (χ1v) is 5.43. The number of carbonyl (C=O) groups excluding carboxylic acids is 1. The molecule has 0 atom stereocenters. The van der Waals surface area contributed by atoms with E-state index in [0.717, 1.165) is 0 Å². The molecule has 2 aromatic rings. The standard InChI is InChI=1S/C12H13N5O/c1-13-10-7-6-9(15-16-10)12(18)17(2)11-5-3-4-8-14-11/h3-8H,1-2H3,(H,13,16). The van der Waals surface area contributed by atoms with Crippen molar-refractivity contribution in [2.24, 2.45) is 0 Å². The molecule has 0 aliphatic carbocycles. The summed E-state index contributed by atoms with van der Waals surface area (Å²) < 4.78 is 0. The van der Waals surface area contributed by atoms with Gasteiger partial charge in [0.15, 0.2) is 5.69 Å². The van der Waals surface area contributed by atoms with Crippen molar-refractivity contribution >= 4 is 17.5 Å². The van der Waals surface area contributed by atoms with Gasteiger partial charge in [0.1, 0.15) is 11.6 Å². The van der Waals surface area contributed by atoms with Crippen molar-refractivity contribution in [2.45, 2.75) is 0 Å². The van der Waals surface area contributed by atoms with Crippen molar-refractivity contribution in [1.82, 2.24) is 15.2 Å². The molecule has 0 saturated carbocycles. The van der Waals surface area contributed by atoms with Crippen molar-refractivity contribution in [3.8, 4) is 0 Å². The van der Waals surface area contributed by atoms with E-state index in [4.69, 9.17) is 0 Å². The van der Waals surface area contributed by atoms with Crippen LogP contribution in [0.2, 0.25) is 0 Å². The first kappa shape index (κ1) is 12.0. The predicted octanol–water partition coefficient (Wildman–Crippen LogP) is 1.19. The highest BCUT2D eigenvalue weighted by Crippen LogP contribution is 2.10. The highest BCUT2D eigenvalue weighted by molar-refractivity contribution is 6.03. The van der Waals surface area contributed by atoms with Crippen LogP contribution in [0, 0.1) is 0 Å². The summed E-state index contributed by atoms with van der Waals surface area (Å²) >= 11 is 0. The Morgan fingerprint density at radius 3 is 2.61 bits per heavy atom. The summed E-state index contributed by atoms with van der Waals surface area (Å²) in [5, 5.41) is 10.6. The van der Waals surface area contributed by atoms with Crippen LogP contribution in [0.4, 0.5) is 11.6 Å². The van der Waals surface area contributed by atoms with E-state index in [1.54, 1.807) is 44.6 Å². The van der Waals surface area contributed by atoms with Gasteiger partial charge >= 0.3 is 0 Å². The fourth-order valence-electron chi connectivity index (χ4n) is 1.41. The summed E-state index contributed by atoms with van der Waals surface area (Å²) in [5.74, 6) is 0.942. The molecule has 1 N–H and O–H groups in total. The number of anilines is 2. The van der Waals surface area contributed by atoms with Gasteiger partial charge in [-0.05, 0) is 24.3 Å². The van der Waals surface area contributed by atoms with E-state index >= 15 is 0 Å². The monoisotopic (exact) mass is 243 g/mol. The van der Waals surface area contributed by atoms with Crippen LogP contribution in [0.1, 0.15) is 10.5 Å². The van der Waals surface area contributed by atoms with Crippen molar-refractivity contribution < 1.29 is 4.79 Å². The number of carbonyl (C=O) groups is 1. The molecule has 6 heteroatoms. The number of hydrogen-bond acceptors (Lipinski definition) is 5. The van der Waals surface area contributed by atoms with Gasteiger partial charge in [0.05, 0.1) is 0 Å². The van der Waals surface area contributed by atoms with Gasteiger partial charge < -0.3 is 5.32 Å². The molecule has 0 bridgehead atoms. The maximum Gasteiger partial charge on any atom is 0.279 e. The largest absolute Gasteiger partial charge is 0.372 e. The number of rotatable bonds is 3. The van der Waals surface area contributed by atoms with Crippen LogP contribution in [0.15, 0.2) is 36.5 Å². The molecule has 0 aliphatic heterocycles. The number of pyridine rings is 1. The van der Waals surface area contributed by atoms with Gasteiger partial charge in [-0.15, -0.1) is 10.2 Å². The molecule has 18 heavy (non-hydrogen) atoms. The van der Waals surface area contributed by atoms with Gasteiger partial charge in [-0.1, -0.05) is 6.07 Å². The molecular formula is C12H13N5O. The third-order valence-electron chi connectivity index (χ3n) is 2.44. The number of amides is 1. The average molecular weight is 243 g/mol. The van der Waals surface area contributed by atoms with Gasteiger partial charge in [0, 0.05) is 20.3 Å². The highest BCUT2D eigenvalue weighted by Gasteiger charge is 2.15. The van der Waals surface area contributed by atoms with Gasteiger partial charge in [0.25, 0.3) is 5.91 Å². The maximum atomic E-state index is 12.1. The van der Waals surface area contributed by atoms with E-state index in [0.29, 0.717) is 11.6 Å². The van der Waals surface area contributed by atoms with E-state index in [1.165, 1.54) is 4.90 Å². The molecule has 2 rings (SSSR count). The molecule has 6 nitrogen and oxygen atoms in total. The summed E-state index contributed by atoms with van der Waals surface area (Å²) in [6, 6.07) is 8.70. The van der Waals surface area contributed by atoms with Gasteiger partial charge in [-0.2, -0.15) is 0 Å². The summed E-state index contributed by atoms with van der Waals surface area (Å²) in [7, 11) is 3.39. The minimum atomic E-state index is -0.246. The summed E-state index contributed by atoms with van der Waals surface area (Å²) in [5.41, 5.74) is 0.280. The lowest BCUT2D eigenvalue weighted by atomic mass is 10.3. The third kappa shape index (κ3) is 2.42. The molecule has 2 heterocycles. The first-order valence-electron chi connectivity index (χ1n) is 5.43. The van der Waals surface area contributed by atoms with Crippen molar-refractivity contribution in [3.05, 3.63) is 42.2 Å². The molecule has 1 amide bonds. The topological polar surface area (TPSA) is 71.0 Å². The quantitative estimate of drug-likeness (QED) is 0.876. The normalized spacial score (nSPS) is 9.89. The summed E-state index contributed by atoms with van der Waals surface area (Å²) in [6.45, 7) is 0. The molecule has 0 spiro atoms. The van der Waals surface area contributed by atoms with Gasteiger partial charge in [0.2, 0.25) is 0 Å². The number of nitrogens with zero attached hydrogens (tertiary/aromatic N) is 4. The molecule has 0 aliphatic rings. The average Bonchev–Trinajstić information content (AvgIpc) is 2.47. The Morgan fingerprint density at radius 2 is 2.06 bits per heavy atom. The Balaban J connectivity index is 2.20. The number of hydrogen-bond donors (Lipinski definition) is 1. The molecule has 0 fully saturated rings. The second kappa shape index (κ2) is 5.22. The lowest BCUT2D eigenvalue weighted by Crippen LogP contribution is -2.28. The van der Waals surface area contributed by atoms with Crippen molar-refractivity contribution in [1.29, 1.82) is 0 Å². The molecule has 0 saturated heterocycles. The second-order valence-corrected chi connectivity index (χ2v) is 3.61. The molecule has 0 aromatic carbocycles. The van der Waals surface area contributed by atoms with E-state index < -0.39 is 0 Å². The van der Waals surface area contributed by atoms with Crippen LogP contribution in [0.25, 0.3) is 0 Å². The zero-order valence-corrected chi connectivity index (χ0v) is 10.2. The van der Waals surface area contributed by atoms with Crippen LogP contribution in [-0.4, -0.2) is 35.2 Å². The number of nitrogens with one attached hydrogen (secondary N) is 1. The van der Waals surface area contributed by atoms with Crippen LogP contribution in [0.3, 0.4) is 0 Å². The van der Waals surface area contributed by atoms with Crippen molar-refractivity contribution in [3.63, 3.8) is 0 Å². The fourth-order valence-corrected chi connectivity index (χ4v) is 1.41.